The molecule has 1 N–H and O–H groups in total. The molecule has 0 saturated carbocycles. The lowest BCUT2D eigenvalue weighted by Gasteiger charge is -2.09. The predicted octanol–water partition coefficient (Wildman–Crippen LogP) is 6.80. The summed E-state index contributed by atoms with van der Waals surface area (Å²) in [7, 11) is 1.66. The second-order valence-corrected chi connectivity index (χ2v) is 9.32. The highest BCUT2D eigenvalue weighted by Gasteiger charge is 2.30. The summed E-state index contributed by atoms with van der Waals surface area (Å²) in [5.74, 6) is 0.255. The van der Waals surface area contributed by atoms with Crippen molar-refractivity contribution in [2.75, 3.05) is 5.32 Å². The molecule has 0 fully saturated rings. The number of nitrogens with zero attached hydrogens (tertiary/aromatic N) is 3. The molecule has 0 aliphatic heterocycles. The van der Waals surface area contributed by atoms with Gasteiger partial charge in [0.2, 0.25) is 5.88 Å². The summed E-state index contributed by atoms with van der Waals surface area (Å²) in [5.41, 5.74) is 1.04. The quantitative estimate of drug-likeness (QED) is 0.303. The number of alkyl halides is 3. The Labute approximate surface area is 208 Å². The maximum absolute atomic E-state index is 13.2. The molecule has 2 aromatic heterocycles. The van der Waals surface area contributed by atoms with Crippen LogP contribution in [-0.2, 0) is 19.6 Å². The number of nitrogens with one attached hydrogen (secondary N) is 1. The van der Waals surface area contributed by atoms with Gasteiger partial charge in [-0.1, -0.05) is 35.9 Å². The lowest BCUT2D eigenvalue weighted by Crippen LogP contribution is -2.13. The highest BCUT2D eigenvalue weighted by atomic mass is 35.5. The van der Waals surface area contributed by atoms with Crippen molar-refractivity contribution in [2.24, 2.45) is 7.05 Å². The summed E-state index contributed by atoms with van der Waals surface area (Å²) in [6, 6.07) is 11.9. The van der Waals surface area contributed by atoms with Crippen LogP contribution in [0.4, 0.5) is 18.2 Å². The first-order chi connectivity index (χ1) is 16.5. The van der Waals surface area contributed by atoms with E-state index in [2.05, 4.69) is 15.4 Å². The molecule has 0 bridgehead atoms. The number of hydrogen-bond donors (Lipinski definition) is 1. The zero-order valence-corrected chi connectivity index (χ0v) is 20.5. The van der Waals surface area contributed by atoms with E-state index in [4.69, 9.17) is 16.3 Å². The SMILES string of the molecule is Cc1nc(Cc2cccc(C(F)(F)F)c2)sc1NC(=O)c1c(C)nn(C)c1Oc1cccc(Cl)c1. The number of benzene rings is 2. The highest BCUT2D eigenvalue weighted by Crippen LogP contribution is 2.33. The average molecular weight is 521 g/mol. The van der Waals surface area contributed by atoms with Gasteiger partial charge in [-0.3, -0.25) is 4.79 Å². The predicted molar refractivity (Wildman–Crippen MR) is 129 cm³/mol. The number of halogens is 4. The third-order valence-electron chi connectivity index (χ3n) is 5.08. The van der Waals surface area contributed by atoms with E-state index in [1.165, 1.54) is 22.1 Å². The third kappa shape index (κ3) is 5.66. The van der Waals surface area contributed by atoms with E-state index < -0.39 is 17.6 Å². The maximum atomic E-state index is 13.2. The number of anilines is 1. The zero-order chi connectivity index (χ0) is 25.3. The fraction of sp³-hybridized carbons (Fsp3) is 0.208. The van der Waals surface area contributed by atoms with E-state index in [0.29, 0.717) is 37.7 Å². The van der Waals surface area contributed by atoms with Gasteiger partial charge in [-0.25, -0.2) is 9.67 Å². The molecule has 0 saturated heterocycles. The molecule has 0 spiro atoms. The van der Waals surface area contributed by atoms with Crippen LogP contribution >= 0.6 is 22.9 Å². The number of aromatic nitrogens is 3. The fourth-order valence-electron chi connectivity index (χ4n) is 3.50. The molecule has 4 aromatic rings. The maximum Gasteiger partial charge on any atom is 0.416 e. The van der Waals surface area contributed by atoms with E-state index >= 15 is 0 Å². The summed E-state index contributed by atoms with van der Waals surface area (Å²) >= 11 is 7.24. The first-order valence-corrected chi connectivity index (χ1v) is 11.6. The largest absolute Gasteiger partial charge is 0.438 e. The lowest BCUT2D eigenvalue weighted by molar-refractivity contribution is -0.137. The second kappa shape index (κ2) is 9.71. The molecule has 0 aliphatic rings. The first-order valence-electron chi connectivity index (χ1n) is 10.4. The lowest BCUT2D eigenvalue weighted by atomic mass is 10.1. The van der Waals surface area contributed by atoms with Crippen LogP contribution in [0.25, 0.3) is 0 Å². The van der Waals surface area contributed by atoms with Gasteiger partial charge in [-0.15, -0.1) is 11.3 Å². The standard InChI is InChI=1S/C24H20ClF3N4O2S/c1-13-20(23(32(3)31-13)34-18-9-5-8-17(25)12-18)21(33)30-22-14(2)29-19(35-22)11-15-6-4-7-16(10-15)24(26,27)28/h4-10,12H,11H2,1-3H3,(H,30,33). The molecule has 2 aromatic carbocycles. The van der Waals surface area contributed by atoms with E-state index in [1.807, 2.05) is 0 Å². The number of amides is 1. The van der Waals surface area contributed by atoms with Gasteiger partial charge in [0.15, 0.2) is 0 Å². The molecule has 0 radical (unpaired) electrons. The van der Waals surface area contributed by atoms with E-state index in [-0.39, 0.29) is 17.9 Å². The van der Waals surface area contributed by atoms with Crippen LogP contribution in [0.15, 0.2) is 48.5 Å². The third-order valence-corrected chi connectivity index (χ3v) is 6.39. The molecule has 182 valence electrons. The minimum atomic E-state index is -4.42. The number of thiazole rings is 1. The zero-order valence-electron chi connectivity index (χ0n) is 18.9. The molecule has 0 unspecified atom stereocenters. The van der Waals surface area contributed by atoms with Gasteiger partial charge < -0.3 is 10.1 Å². The Morgan fingerprint density at radius 3 is 2.60 bits per heavy atom. The van der Waals surface area contributed by atoms with Crippen LogP contribution in [0.3, 0.4) is 0 Å². The van der Waals surface area contributed by atoms with E-state index in [0.717, 1.165) is 12.1 Å². The topological polar surface area (TPSA) is 69.0 Å². The van der Waals surface area contributed by atoms with Crippen LogP contribution in [-0.4, -0.2) is 20.7 Å². The second-order valence-electron chi connectivity index (χ2n) is 7.80. The van der Waals surface area contributed by atoms with Crippen molar-refractivity contribution >= 4 is 33.8 Å². The fourth-order valence-corrected chi connectivity index (χ4v) is 4.67. The number of aryl methyl sites for hydroxylation is 3. The summed E-state index contributed by atoms with van der Waals surface area (Å²) in [6.07, 6.45) is -4.21. The van der Waals surface area contributed by atoms with Crippen molar-refractivity contribution < 1.29 is 22.7 Å². The van der Waals surface area contributed by atoms with Gasteiger partial charge in [0, 0.05) is 18.5 Å². The normalized spacial score (nSPS) is 11.5. The molecular weight excluding hydrogens is 501 g/mol. The molecular formula is C24H20ClF3N4O2S. The van der Waals surface area contributed by atoms with Gasteiger partial charge in [0.25, 0.3) is 5.91 Å². The monoisotopic (exact) mass is 520 g/mol. The number of ether oxygens (including phenoxy) is 1. The van der Waals surface area contributed by atoms with Crippen LogP contribution in [0, 0.1) is 13.8 Å². The minimum absolute atomic E-state index is 0.209. The molecule has 35 heavy (non-hydrogen) atoms. The Hall–Kier alpha value is -3.37. The van der Waals surface area contributed by atoms with Crippen molar-refractivity contribution in [1.29, 1.82) is 0 Å². The number of rotatable bonds is 6. The first kappa shape index (κ1) is 24.7. The van der Waals surface area contributed by atoms with Crippen LogP contribution in [0.2, 0.25) is 5.02 Å². The molecule has 0 aliphatic carbocycles. The van der Waals surface area contributed by atoms with Crippen molar-refractivity contribution in [3.63, 3.8) is 0 Å². The molecule has 4 rings (SSSR count). The summed E-state index contributed by atoms with van der Waals surface area (Å²) in [6.45, 7) is 3.42. The molecule has 11 heteroatoms. The minimum Gasteiger partial charge on any atom is -0.438 e. The van der Waals surface area contributed by atoms with Gasteiger partial charge in [-0.05, 0) is 43.7 Å². The summed E-state index contributed by atoms with van der Waals surface area (Å²) < 4.78 is 46.4. The van der Waals surface area contributed by atoms with Gasteiger partial charge >= 0.3 is 6.18 Å². The van der Waals surface area contributed by atoms with Crippen molar-refractivity contribution in [2.45, 2.75) is 26.4 Å². The smallest absolute Gasteiger partial charge is 0.416 e. The van der Waals surface area contributed by atoms with Crippen LogP contribution in [0.5, 0.6) is 11.6 Å². The van der Waals surface area contributed by atoms with Crippen molar-refractivity contribution in [1.82, 2.24) is 14.8 Å². The Bertz CT molecular complexity index is 1400. The van der Waals surface area contributed by atoms with Crippen molar-refractivity contribution in [3.8, 4) is 11.6 Å². The van der Waals surface area contributed by atoms with Crippen LogP contribution in [0.1, 0.15) is 37.9 Å². The summed E-state index contributed by atoms with van der Waals surface area (Å²) in [4.78, 5) is 17.6. The van der Waals surface area contributed by atoms with E-state index in [1.54, 1.807) is 51.2 Å². The average Bonchev–Trinajstić information content (AvgIpc) is 3.25. The van der Waals surface area contributed by atoms with E-state index in [9.17, 15) is 18.0 Å². The summed E-state index contributed by atoms with van der Waals surface area (Å²) in [5, 5.41) is 8.70. The molecule has 2 heterocycles. The van der Waals surface area contributed by atoms with Crippen molar-refractivity contribution in [3.05, 3.63) is 86.6 Å². The highest BCUT2D eigenvalue weighted by molar-refractivity contribution is 7.16. The number of hydrogen-bond acceptors (Lipinski definition) is 5. The van der Waals surface area contributed by atoms with Gasteiger partial charge in [0.1, 0.15) is 16.3 Å². The Balaban J connectivity index is 1.55. The molecule has 1 amide bonds. The van der Waals surface area contributed by atoms with Crippen LogP contribution < -0.4 is 10.1 Å². The van der Waals surface area contributed by atoms with Gasteiger partial charge in [-0.2, -0.15) is 18.3 Å². The molecule has 0 atom stereocenters. The molecule has 6 nitrogen and oxygen atoms in total. The number of carbonyl (C=O) groups excluding carboxylic acids is 1. The Kier molecular flexibility index (Phi) is 6.86. The Morgan fingerprint density at radius 2 is 1.89 bits per heavy atom. The Morgan fingerprint density at radius 1 is 1.14 bits per heavy atom. The number of carbonyl (C=O) groups is 1. The van der Waals surface area contributed by atoms with Gasteiger partial charge in [0.05, 0.1) is 22.0 Å².